The predicted molar refractivity (Wildman–Crippen MR) is 112 cm³/mol. The number of hydrogen-bond donors (Lipinski definition) is 1. The van der Waals surface area contributed by atoms with E-state index in [0.717, 1.165) is 47.8 Å². The Morgan fingerprint density at radius 2 is 1.65 bits per heavy atom. The van der Waals surface area contributed by atoms with Crippen molar-refractivity contribution in [2.75, 3.05) is 0 Å². The lowest BCUT2D eigenvalue weighted by atomic mass is 9.59. The summed E-state index contributed by atoms with van der Waals surface area (Å²) in [5.74, 6) is 4.83. The first kappa shape index (κ1) is 19.3. The van der Waals surface area contributed by atoms with Gasteiger partial charge in [-0.3, -0.25) is 0 Å². The molecule has 26 heavy (non-hydrogen) atoms. The fourth-order valence-electron chi connectivity index (χ4n) is 9.53. The third-order valence-corrected chi connectivity index (χ3v) is 10.3. The molecule has 8 unspecified atom stereocenters. The van der Waals surface area contributed by atoms with Crippen molar-refractivity contribution in [3.63, 3.8) is 0 Å². The molecular formula is C25H46O. The van der Waals surface area contributed by atoms with E-state index >= 15 is 0 Å². The van der Waals surface area contributed by atoms with Crippen molar-refractivity contribution in [2.24, 2.45) is 45.8 Å². The lowest BCUT2D eigenvalue weighted by Gasteiger charge is -2.46. The van der Waals surface area contributed by atoms with E-state index in [0.29, 0.717) is 10.8 Å². The number of fused-ring (bicyclic) bond motifs is 1. The fraction of sp³-hybridized carbons (Fsp3) is 1.00. The van der Waals surface area contributed by atoms with Crippen LogP contribution in [-0.4, -0.2) is 11.2 Å². The molecule has 5 fully saturated rings. The van der Waals surface area contributed by atoms with Gasteiger partial charge < -0.3 is 5.11 Å². The van der Waals surface area contributed by atoms with Gasteiger partial charge in [0.25, 0.3) is 0 Å². The van der Waals surface area contributed by atoms with Crippen molar-refractivity contribution in [1.29, 1.82) is 0 Å². The topological polar surface area (TPSA) is 20.2 Å². The van der Waals surface area contributed by atoms with Crippen LogP contribution >= 0.6 is 0 Å². The first-order valence-corrected chi connectivity index (χ1v) is 12.1. The van der Waals surface area contributed by atoms with E-state index in [-0.39, 0.29) is 7.53 Å². The van der Waals surface area contributed by atoms with Gasteiger partial charge in [0, 0.05) is 1.43 Å². The summed E-state index contributed by atoms with van der Waals surface area (Å²) in [6.45, 7) is 11.5. The minimum Gasteiger partial charge on any atom is -0.393 e. The molecule has 1 nitrogen and oxygen atoms in total. The zero-order valence-corrected chi connectivity index (χ0v) is 18.2. The van der Waals surface area contributed by atoms with Crippen molar-refractivity contribution < 1.29 is 6.53 Å². The zero-order chi connectivity index (χ0) is 18.7. The summed E-state index contributed by atoms with van der Waals surface area (Å²) in [5.41, 5.74) is 2.08. The number of aliphatic hydroxyl groups excluding tert-OH is 1. The largest absolute Gasteiger partial charge is 0.393 e. The first-order chi connectivity index (χ1) is 12.4. The molecule has 0 amide bonds. The van der Waals surface area contributed by atoms with Crippen LogP contribution in [0.2, 0.25) is 0 Å². The molecule has 0 saturated heterocycles. The van der Waals surface area contributed by atoms with Crippen molar-refractivity contribution in [1.82, 2.24) is 0 Å². The number of hydrogen-bond acceptors (Lipinski definition) is 1. The Morgan fingerprint density at radius 3 is 2.38 bits per heavy atom. The third-order valence-electron chi connectivity index (χ3n) is 10.3. The summed E-state index contributed by atoms with van der Waals surface area (Å²) >= 11 is 0. The van der Waals surface area contributed by atoms with Crippen molar-refractivity contribution >= 4 is 0 Å². The Morgan fingerprint density at radius 1 is 0.923 bits per heavy atom. The van der Waals surface area contributed by atoms with Crippen LogP contribution in [0.3, 0.4) is 0 Å². The van der Waals surface area contributed by atoms with Gasteiger partial charge in [-0.2, -0.15) is 0 Å². The van der Waals surface area contributed by atoms with Crippen LogP contribution in [0.5, 0.6) is 0 Å². The molecule has 1 N–H and O–H groups in total. The Balaban J connectivity index is 0.000000680. The molecule has 0 bridgehead atoms. The monoisotopic (exact) mass is 362 g/mol. The first-order valence-electron chi connectivity index (χ1n) is 12.1. The van der Waals surface area contributed by atoms with Crippen LogP contribution in [0, 0.1) is 45.8 Å². The molecule has 8 atom stereocenters. The summed E-state index contributed by atoms with van der Waals surface area (Å²) in [5, 5.41) is 10.2. The molecule has 5 saturated carbocycles. The van der Waals surface area contributed by atoms with E-state index in [4.69, 9.17) is 0 Å². The molecule has 5 aliphatic rings. The minimum atomic E-state index is 0. The molecule has 5 aliphatic carbocycles. The molecule has 5 rings (SSSR count). The quantitative estimate of drug-likeness (QED) is 0.568. The standard InChI is InChI=1S/C23H38O.C2H6.H2/c1-15(2)4-5-16-6-7-19-21(16,3)11-10-20-22-13-9-18(24)14-17(22)8-12-23(19,20)22;1-2;/h15-20,24H,4-14H2,1-3H3;1-2H3;1H. The molecule has 0 aromatic heterocycles. The number of aliphatic hydroxyl groups is 1. The highest BCUT2D eigenvalue weighted by atomic mass is 16.3. The van der Waals surface area contributed by atoms with Crippen molar-refractivity contribution in [3.8, 4) is 0 Å². The lowest BCUT2D eigenvalue weighted by Crippen LogP contribution is -2.39. The maximum absolute atomic E-state index is 10.2. The van der Waals surface area contributed by atoms with Crippen LogP contribution in [0.15, 0.2) is 0 Å². The third kappa shape index (κ3) is 2.25. The summed E-state index contributed by atoms with van der Waals surface area (Å²) in [6, 6.07) is 0. The van der Waals surface area contributed by atoms with Crippen molar-refractivity contribution in [2.45, 2.75) is 111 Å². The molecule has 0 radical (unpaired) electrons. The highest BCUT2D eigenvalue weighted by Gasteiger charge is 2.85. The lowest BCUT2D eigenvalue weighted by molar-refractivity contribution is 0.0244. The molecule has 2 spiro atoms. The fourth-order valence-corrected chi connectivity index (χ4v) is 9.53. The van der Waals surface area contributed by atoms with Crippen LogP contribution in [0.1, 0.15) is 107 Å². The van der Waals surface area contributed by atoms with E-state index in [9.17, 15) is 5.11 Å². The van der Waals surface area contributed by atoms with Crippen LogP contribution in [0.25, 0.3) is 0 Å². The van der Waals surface area contributed by atoms with E-state index in [2.05, 4.69) is 20.8 Å². The van der Waals surface area contributed by atoms with Gasteiger partial charge in [-0.15, -0.1) is 0 Å². The zero-order valence-electron chi connectivity index (χ0n) is 18.2. The average molecular weight is 363 g/mol. The molecule has 0 aliphatic heterocycles. The average Bonchev–Trinajstić information content (AvgIpc) is 2.86. The second-order valence-corrected chi connectivity index (χ2v) is 11.1. The Hall–Kier alpha value is -0.0400. The maximum atomic E-state index is 10.2. The normalized spacial score (nSPS) is 53.9. The van der Waals surface area contributed by atoms with Crippen LogP contribution in [-0.2, 0) is 0 Å². The summed E-state index contributed by atoms with van der Waals surface area (Å²) in [4.78, 5) is 0. The Labute approximate surface area is 164 Å². The molecule has 152 valence electrons. The van der Waals surface area contributed by atoms with Crippen LogP contribution < -0.4 is 0 Å². The SMILES string of the molecule is CC.CC(C)CCC1CCC2C1(C)CCC1C34CCC(O)CC3CCC214.[HH]. The maximum Gasteiger partial charge on any atom is 0.0543 e. The van der Waals surface area contributed by atoms with Gasteiger partial charge in [0.1, 0.15) is 0 Å². The summed E-state index contributed by atoms with van der Waals surface area (Å²) in [7, 11) is 0. The van der Waals surface area contributed by atoms with Gasteiger partial charge in [0.05, 0.1) is 6.10 Å². The van der Waals surface area contributed by atoms with Gasteiger partial charge in [0.2, 0.25) is 0 Å². The second-order valence-electron chi connectivity index (χ2n) is 11.1. The van der Waals surface area contributed by atoms with Gasteiger partial charge in [-0.25, -0.2) is 0 Å². The van der Waals surface area contributed by atoms with E-state index in [1.165, 1.54) is 57.8 Å². The molecule has 0 aromatic rings. The Kier molecular flexibility index (Phi) is 4.82. The summed E-state index contributed by atoms with van der Waals surface area (Å²) < 4.78 is 0. The highest BCUT2D eigenvalue weighted by Crippen LogP contribution is 2.91. The molecule has 0 aromatic carbocycles. The molecule has 0 heterocycles. The van der Waals surface area contributed by atoms with Gasteiger partial charge in [0.15, 0.2) is 0 Å². The van der Waals surface area contributed by atoms with Gasteiger partial charge in [-0.1, -0.05) is 41.0 Å². The highest BCUT2D eigenvalue weighted by molar-refractivity contribution is 5.33. The minimum absolute atomic E-state index is 0. The second kappa shape index (κ2) is 6.50. The summed E-state index contributed by atoms with van der Waals surface area (Å²) in [6.07, 6.45) is 15.6. The van der Waals surface area contributed by atoms with Crippen molar-refractivity contribution in [3.05, 3.63) is 0 Å². The Bertz CT molecular complexity index is 532. The molecular weight excluding hydrogens is 316 g/mol. The molecule has 1 heteroatoms. The van der Waals surface area contributed by atoms with E-state index in [1.54, 1.807) is 0 Å². The smallest absolute Gasteiger partial charge is 0.0543 e. The number of rotatable bonds is 3. The van der Waals surface area contributed by atoms with E-state index in [1.807, 2.05) is 13.8 Å². The van der Waals surface area contributed by atoms with E-state index < -0.39 is 0 Å². The van der Waals surface area contributed by atoms with Crippen LogP contribution in [0.4, 0.5) is 0 Å². The predicted octanol–water partition coefficient (Wildman–Crippen LogP) is 7.08. The van der Waals surface area contributed by atoms with Gasteiger partial charge >= 0.3 is 0 Å². The van der Waals surface area contributed by atoms with Gasteiger partial charge in [-0.05, 0) is 110 Å².